The third-order valence-electron chi connectivity index (χ3n) is 5.10. The van der Waals surface area contributed by atoms with Crippen LogP contribution in [0.5, 0.6) is 0 Å². The van der Waals surface area contributed by atoms with Gasteiger partial charge in [0.25, 0.3) is 5.56 Å². The normalized spacial score (nSPS) is 11.5. The standard InChI is InChI=1S/C26H22Cl2N4O3/c1-26(2,3)31-22(34)13-32-24(16-5-4-6-19(27)9-16)30-23-21(25(32)35)11-18(12-29-23)17-7-15(14-33)8-20(28)10-17/h4-12,14H,13H2,1-3H3,(H,31,34). The number of amides is 1. The molecule has 1 amide bonds. The minimum absolute atomic E-state index is 0.221. The molecule has 0 aliphatic heterocycles. The summed E-state index contributed by atoms with van der Waals surface area (Å²) in [7, 11) is 0. The number of hydrogen-bond acceptors (Lipinski definition) is 5. The number of pyridine rings is 1. The SMILES string of the molecule is CC(C)(C)NC(=O)Cn1c(-c2cccc(Cl)c2)nc2ncc(-c3cc(Cl)cc(C=O)c3)cc2c1=O. The highest BCUT2D eigenvalue weighted by molar-refractivity contribution is 6.31. The number of halogens is 2. The first-order valence-corrected chi connectivity index (χ1v) is 11.5. The molecule has 0 unspecified atom stereocenters. The van der Waals surface area contributed by atoms with E-state index in [0.29, 0.717) is 38.6 Å². The van der Waals surface area contributed by atoms with E-state index < -0.39 is 11.1 Å². The maximum absolute atomic E-state index is 13.7. The van der Waals surface area contributed by atoms with Gasteiger partial charge in [0.05, 0.1) is 5.39 Å². The monoisotopic (exact) mass is 508 g/mol. The lowest BCUT2D eigenvalue weighted by Gasteiger charge is -2.21. The molecule has 7 nitrogen and oxygen atoms in total. The first-order chi connectivity index (χ1) is 16.5. The third-order valence-corrected chi connectivity index (χ3v) is 5.55. The van der Waals surface area contributed by atoms with E-state index in [1.54, 1.807) is 54.7 Å². The maximum Gasteiger partial charge on any atom is 0.263 e. The van der Waals surface area contributed by atoms with Crippen LogP contribution in [0.3, 0.4) is 0 Å². The van der Waals surface area contributed by atoms with Crippen molar-refractivity contribution in [2.24, 2.45) is 0 Å². The summed E-state index contributed by atoms with van der Waals surface area (Å²) < 4.78 is 1.31. The van der Waals surface area contributed by atoms with Crippen LogP contribution in [0.1, 0.15) is 31.1 Å². The van der Waals surface area contributed by atoms with Gasteiger partial charge in [0.1, 0.15) is 18.7 Å². The summed E-state index contributed by atoms with van der Waals surface area (Å²) in [6.07, 6.45) is 2.26. The van der Waals surface area contributed by atoms with Crippen LogP contribution in [-0.4, -0.2) is 32.3 Å². The highest BCUT2D eigenvalue weighted by Crippen LogP contribution is 2.27. The van der Waals surface area contributed by atoms with Gasteiger partial charge in [-0.25, -0.2) is 9.97 Å². The Morgan fingerprint density at radius 2 is 1.77 bits per heavy atom. The van der Waals surface area contributed by atoms with Crippen LogP contribution in [0.25, 0.3) is 33.5 Å². The lowest BCUT2D eigenvalue weighted by molar-refractivity contribution is -0.123. The lowest BCUT2D eigenvalue weighted by Crippen LogP contribution is -2.43. The van der Waals surface area contributed by atoms with Crippen molar-refractivity contribution in [1.82, 2.24) is 19.9 Å². The van der Waals surface area contributed by atoms with Crippen molar-refractivity contribution in [2.75, 3.05) is 0 Å². The summed E-state index contributed by atoms with van der Waals surface area (Å²) in [6, 6.07) is 13.4. The minimum atomic E-state index is -0.473. The number of nitrogens with one attached hydrogen (secondary N) is 1. The fourth-order valence-electron chi connectivity index (χ4n) is 3.71. The summed E-state index contributed by atoms with van der Waals surface area (Å²) in [5, 5.41) is 3.95. The number of fused-ring (bicyclic) bond motifs is 1. The Labute approximate surface area is 211 Å². The van der Waals surface area contributed by atoms with Gasteiger partial charge in [0, 0.05) is 38.5 Å². The highest BCUT2D eigenvalue weighted by Gasteiger charge is 2.20. The second-order valence-corrected chi connectivity index (χ2v) is 9.99. The second kappa shape index (κ2) is 9.60. The van der Waals surface area contributed by atoms with E-state index in [4.69, 9.17) is 23.2 Å². The molecule has 1 N–H and O–H groups in total. The van der Waals surface area contributed by atoms with Crippen LogP contribution in [-0.2, 0) is 11.3 Å². The number of aromatic nitrogens is 3. The minimum Gasteiger partial charge on any atom is -0.350 e. The predicted octanol–water partition coefficient (Wildman–Crippen LogP) is 5.16. The number of hydrogen-bond donors (Lipinski definition) is 1. The fourth-order valence-corrected chi connectivity index (χ4v) is 4.14. The molecule has 0 saturated heterocycles. The van der Waals surface area contributed by atoms with Crippen molar-refractivity contribution in [1.29, 1.82) is 0 Å². The molecule has 0 aliphatic carbocycles. The van der Waals surface area contributed by atoms with Gasteiger partial charge in [0.2, 0.25) is 5.91 Å². The molecule has 0 saturated carbocycles. The van der Waals surface area contributed by atoms with E-state index in [-0.39, 0.29) is 29.3 Å². The molecule has 0 spiro atoms. The van der Waals surface area contributed by atoms with Crippen molar-refractivity contribution in [3.63, 3.8) is 0 Å². The van der Waals surface area contributed by atoms with E-state index in [1.165, 1.54) is 4.57 Å². The van der Waals surface area contributed by atoms with Crippen molar-refractivity contribution in [2.45, 2.75) is 32.9 Å². The van der Waals surface area contributed by atoms with E-state index in [2.05, 4.69) is 15.3 Å². The van der Waals surface area contributed by atoms with Gasteiger partial charge in [-0.05, 0) is 62.7 Å². The Balaban J connectivity index is 1.92. The summed E-state index contributed by atoms with van der Waals surface area (Å²) in [4.78, 5) is 46.7. The molecule has 178 valence electrons. The van der Waals surface area contributed by atoms with Gasteiger partial charge in [-0.2, -0.15) is 0 Å². The maximum atomic E-state index is 13.7. The smallest absolute Gasteiger partial charge is 0.263 e. The van der Waals surface area contributed by atoms with Gasteiger partial charge >= 0.3 is 0 Å². The molecule has 2 aromatic heterocycles. The molecule has 9 heteroatoms. The molecule has 0 radical (unpaired) electrons. The second-order valence-electron chi connectivity index (χ2n) is 9.12. The van der Waals surface area contributed by atoms with E-state index in [0.717, 1.165) is 0 Å². The first kappa shape index (κ1) is 24.6. The zero-order valence-electron chi connectivity index (χ0n) is 19.3. The largest absolute Gasteiger partial charge is 0.350 e. The van der Waals surface area contributed by atoms with Crippen LogP contribution in [0.4, 0.5) is 0 Å². The van der Waals surface area contributed by atoms with Crippen molar-refractivity contribution < 1.29 is 9.59 Å². The molecule has 2 aromatic carbocycles. The van der Waals surface area contributed by atoms with Gasteiger partial charge in [-0.3, -0.25) is 19.0 Å². The van der Waals surface area contributed by atoms with Crippen LogP contribution in [0, 0.1) is 0 Å². The summed E-state index contributed by atoms with van der Waals surface area (Å²) in [5.74, 6) is -0.0566. The van der Waals surface area contributed by atoms with Crippen molar-refractivity contribution in [3.05, 3.63) is 80.7 Å². The first-order valence-electron chi connectivity index (χ1n) is 10.8. The van der Waals surface area contributed by atoms with Gasteiger partial charge in [0.15, 0.2) is 5.65 Å². The molecule has 4 rings (SSSR count). The molecule has 0 fully saturated rings. The van der Waals surface area contributed by atoms with Gasteiger partial charge < -0.3 is 5.32 Å². The number of rotatable bonds is 5. The summed E-state index contributed by atoms with van der Waals surface area (Å²) >= 11 is 12.3. The zero-order valence-corrected chi connectivity index (χ0v) is 20.8. The Bertz CT molecular complexity index is 1520. The van der Waals surface area contributed by atoms with Crippen LogP contribution in [0.2, 0.25) is 10.0 Å². The van der Waals surface area contributed by atoms with Gasteiger partial charge in [-0.15, -0.1) is 0 Å². The number of aldehydes is 1. The van der Waals surface area contributed by atoms with Crippen LogP contribution in [0.15, 0.2) is 59.5 Å². The predicted molar refractivity (Wildman–Crippen MR) is 138 cm³/mol. The van der Waals surface area contributed by atoms with E-state index in [9.17, 15) is 14.4 Å². The molecular weight excluding hydrogens is 487 g/mol. The average molecular weight is 509 g/mol. The zero-order chi connectivity index (χ0) is 25.3. The van der Waals surface area contributed by atoms with E-state index in [1.807, 2.05) is 20.8 Å². The average Bonchev–Trinajstić information content (AvgIpc) is 2.79. The third kappa shape index (κ3) is 5.58. The molecule has 0 aliphatic rings. The highest BCUT2D eigenvalue weighted by atomic mass is 35.5. The Morgan fingerprint density at radius 1 is 1.03 bits per heavy atom. The van der Waals surface area contributed by atoms with Gasteiger partial charge in [-0.1, -0.05) is 35.3 Å². The molecule has 0 bridgehead atoms. The number of carbonyl (C=O) groups is 2. The molecule has 0 atom stereocenters. The molecule has 4 aromatic rings. The van der Waals surface area contributed by atoms with E-state index >= 15 is 0 Å². The Hall–Kier alpha value is -3.55. The Morgan fingerprint density at radius 3 is 2.46 bits per heavy atom. The van der Waals surface area contributed by atoms with Crippen LogP contribution < -0.4 is 10.9 Å². The number of nitrogens with zero attached hydrogens (tertiary/aromatic N) is 3. The summed E-state index contributed by atoms with van der Waals surface area (Å²) in [6.45, 7) is 5.34. The fraction of sp³-hybridized carbons (Fsp3) is 0.192. The Kier molecular flexibility index (Phi) is 6.74. The molecular formula is C26H22Cl2N4O3. The quantitative estimate of drug-likeness (QED) is 0.375. The van der Waals surface area contributed by atoms with Crippen molar-refractivity contribution >= 4 is 46.4 Å². The topological polar surface area (TPSA) is 93.9 Å². The molecule has 35 heavy (non-hydrogen) atoms. The number of carbonyl (C=O) groups excluding carboxylic acids is 2. The summed E-state index contributed by atoms with van der Waals surface area (Å²) in [5.41, 5.74) is 1.51. The lowest BCUT2D eigenvalue weighted by atomic mass is 10.0. The number of benzene rings is 2. The molecule has 2 heterocycles. The van der Waals surface area contributed by atoms with Crippen molar-refractivity contribution in [3.8, 4) is 22.5 Å². The van der Waals surface area contributed by atoms with Crippen LogP contribution >= 0.6 is 23.2 Å².